The van der Waals surface area contributed by atoms with Gasteiger partial charge < -0.3 is 10.2 Å². The zero-order valence-corrected chi connectivity index (χ0v) is 42.8. The zero-order valence-electron chi connectivity index (χ0n) is 42.8. The smallest absolute Gasteiger partial charge is 0.0591 e. The number of rotatable bonds is 17. The summed E-state index contributed by atoms with van der Waals surface area (Å²) in [5, 5.41) is 19.1. The first-order valence-electron chi connectivity index (χ1n) is 23.0. The van der Waals surface area contributed by atoms with Crippen LogP contribution in [0.3, 0.4) is 0 Å². The Kier molecular flexibility index (Phi) is 39.9. The minimum Gasteiger partial charge on any atom is -0.393 e. The molecule has 2 heteroatoms. The van der Waals surface area contributed by atoms with Gasteiger partial charge >= 0.3 is 0 Å². The molecule has 0 saturated carbocycles. The van der Waals surface area contributed by atoms with Crippen LogP contribution in [0.4, 0.5) is 0 Å². The first kappa shape index (κ1) is 62.6. The summed E-state index contributed by atoms with van der Waals surface area (Å²) in [7, 11) is 0. The van der Waals surface area contributed by atoms with E-state index in [0.717, 1.165) is 47.3 Å². The fourth-order valence-electron chi connectivity index (χ4n) is 6.58. The van der Waals surface area contributed by atoms with Crippen LogP contribution in [0.25, 0.3) is 0 Å². The second-order valence-electron chi connectivity index (χ2n) is 21.3. The van der Waals surface area contributed by atoms with Crippen LogP contribution in [-0.2, 0) is 0 Å². The van der Waals surface area contributed by atoms with Crippen LogP contribution < -0.4 is 0 Å². The molecule has 0 heterocycles. The fourth-order valence-corrected chi connectivity index (χ4v) is 6.58. The molecule has 0 aliphatic rings. The maximum absolute atomic E-state index is 9.57. The van der Waals surface area contributed by atoms with Crippen LogP contribution in [0.2, 0.25) is 0 Å². The van der Waals surface area contributed by atoms with Crippen molar-refractivity contribution in [3.8, 4) is 0 Å². The molecule has 0 saturated heterocycles. The molecule has 0 spiro atoms. The van der Waals surface area contributed by atoms with Crippen molar-refractivity contribution in [3.05, 3.63) is 24.3 Å². The predicted octanol–water partition coefficient (Wildman–Crippen LogP) is 16.4. The Hall–Kier alpha value is -0.600. The summed E-state index contributed by atoms with van der Waals surface area (Å²) in [6.45, 7) is 62.8. The summed E-state index contributed by atoms with van der Waals surface area (Å²) in [5.74, 6) is 12.1. The topological polar surface area (TPSA) is 40.5 Å². The molecule has 54 heavy (non-hydrogen) atoms. The third-order valence-corrected chi connectivity index (χ3v) is 11.6. The Morgan fingerprint density at radius 1 is 0.222 bits per heavy atom. The average molecular weight is 767 g/mol. The Labute approximate surface area is 346 Å². The SMILES string of the molecule is CC(C)/C=C\C(C)C.CC(C)/C=C\C(C)C.CC(C)C(C)C(C(C)C)C(C(C)C)C(C)C(C)C.CC(C)C(C)C(O)C(C)C.CC(C)C(C)C(O)C(C)C. The standard InChI is InChI=1S/C18H38.2C9H20O.2C8H16/c1-11(2)15(9)17(13(5)6)18(14(7)8)16(10)12(3)4;2*1-6(2)8(5)9(10)7(3)4;2*1-7(2)5-6-8(3)4/h11-18H,1-10H3;2*6-10H,1-5H3;2*5-8H,1-4H3/b;;;2*6-5-. The third kappa shape index (κ3) is 34.6. The number of hydrogen-bond acceptors (Lipinski definition) is 2. The average Bonchev–Trinajstić information content (AvgIpc) is 3.03. The van der Waals surface area contributed by atoms with Crippen molar-refractivity contribution in [2.75, 3.05) is 0 Å². The normalized spacial score (nSPS) is 16.9. The fraction of sp³-hybridized carbons (Fsp3) is 0.923. The molecule has 2 N–H and O–H groups in total. The number of hydrogen-bond donors (Lipinski definition) is 2. The van der Waals surface area contributed by atoms with Gasteiger partial charge in [0.25, 0.3) is 0 Å². The summed E-state index contributed by atoms with van der Waals surface area (Å²) in [6, 6.07) is 0. The lowest BCUT2D eigenvalue weighted by Crippen LogP contribution is -2.37. The molecule has 0 amide bonds. The van der Waals surface area contributed by atoms with Gasteiger partial charge in [-0.2, -0.15) is 0 Å². The second-order valence-corrected chi connectivity index (χ2v) is 21.3. The molecule has 0 aromatic rings. The highest BCUT2D eigenvalue weighted by Crippen LogP contribution is 2.42. The van der Waals surface area contributed by atoms with Gasteiger partial charge in [-0.25, -0.2) is 0 Å². The van der Waals surface area contributed by atoms with Crippen molar-refractivity contribution in [2.24, 2.45) is 107 Å². The first-order chi connectivity index (χ1) is 24.3. The molecule has 8 atom stereocenters. The van der Waals surface area contributed by atoms with Crippen molar-refractivity contribution in [2.45, 2.75) is 206 Å². The van der Waals surface area contributed by atoms with Crippen LogP contribution in [0.1, 0.15) is 194 Å². The lowest BCUT2D eigenvalue weighted by atomic mass is 9.62. The van der Waals surface area contributed by atoms with E-state index < -0.39 is 0 Å². The molecule has 0 rings (SSSR count). The highest BCUT2D eigenvalue weighted by Gasteiger charge is 2.36. The van der Waals surface area contributed by atoms with Crippen molar-refractivity contribution in [1.29, 1.82) is 0 Å². The number of allylic oxidation sites excluding steroid dienone is 4. The quantitative estimate of drug-likeness (QED) is 0.145. The van der Waals surface area contributed by atoms with Gasteiger partial charge in [-0.15, -0.1) is 0 Å². The summed E-state index contributed by atoms with van der Waals surface area (Å²) < 4.78 is 0. The van der Waals surface area contributed by atoms with E-state index in [2.05, 4.69) is 218 Å². The molecule has 0 fully saturated rings. The lowest BCUT2D eigenvalue weighted by Gasteiger charge is -2.43. The van der Waals surface area contributed by atoms with Gasteiger partial charge in [-0.3, -0.25) is 0 Å². The summed E-state index contributed by atoms with van der Waals surface area (Å²) in [4.78, 5) is 0. The minimum absolute atomic E-state index is 0.139. The lowest BCUT2D eigenvalue weighted by molar-refractivity contribution is 0.0504. The molecular formula is C52H110O2. The van der Waals surface area contributed by atoms with Crippen molar-refractivity contribution < 1.29 is 10.2 Å². The molecular weight excluding hydrogens is 657 g/mol. The summed E-state index contributed by atoms with van der Waals surface area (Å²) in [6.07, 6.45) is 8.69. The van der Waals surface area contributed by atoms with Crippen LogP contribution in [-0.4, -0.2) is 22.4 Å². The largest absolute Gasteiger partial charge is 0.393 e. The molecule has 0 bridgehead atoms. The van der Waals surface area contributed by atoms with E-state index in [0.29, 0.717) is 59.2 Å². The Morgan fingerprint density at radius 2 is 0.389 bits per heavy atom. The van der Waals surface area contributed by atoms with Crippen LogP contribution >= 0.6 is 0 Å². The van der Waals surface area contributed by atoms with E-state index in [4.69, 9.17) is 0 Å². The highest BCUT2D eigenvalue weighted by molar-refractivity contribution is 4.87. The maximum Gasteiger partial charge on any atom is 0.0591 e. The molecule has 0 aromatic heterocycles. The maximum atomic E-state index is 9.57. The second kappa shape index (κ2) is 34.4. The zero-order chi connectivity index (χ0) is 44.4. The van der Waals surface area contributed by atoms with Gasteiger partial charge in [0.05, 0.1) is 12.2 Å². The van der Waals surface area contributed by atoms with Crippen LogP contribution in [0, 0.1) is 107 Å². The van der Waals surface area contributed by atoms with Gasteiger partial charge in [-0.1, -0.05) is 218 Å². The van der Waals surface area contributed by atoms with E-state index in [1.165, 1.54) is 0 Å². The molecule has 8 unspecified atom stereocenters. The van der Waals surface area contributed by atoms with Gasteiger partial charge in [0.1, 0.15) is 0 Å². The molecule has 0 radical (unpaired) electrons. The highest BCUT2D eigenvalue weighted by atomic mass is 16.3. The van der Waals surface area contributed by atoms with Crippen molar-refractivity contribution in [1.82, 2.24) is 0 Å². The van der Waals surface area contributed by atoms with Gasteiger partial charge in [0, 0.05) is 0 Å². The summed E-state index contributed by atoms with van der Waals surface area (Å²) >= 11 is 0. The van der Waals surface area contributed by atoms with E-state index in [1.54, 1.807) is 0 Å². The molecule has 2 nitrogen and oxygen atoms in total. The molecule has 0 aliphatic carbocycles. The van der Waals surface area contributed by atoms with Gasteiger partial charge in [0.2, 0.25) is 0 Å². The molecule has 330 valence electrons. The van der Waals surface area contributed by atoms with Crippen LogP contribution in [0.5, 0.6) is 0 Å². The van der Waals surface area contributed by atoms with E-state index >= 15 is 0 Å². The number of aliphatic hydroxyl groups is 2. The Bertz CT molecular complexity index is 724. The van der Waals surface area contributed by atoms with Gasteiger partial charge in [-0.05, 0) is 107 Å². The van der Waals surface area contributed by atoms with Crippen molar-refractivity contribution in [3.63, 3.8) is 0 Å². The van der Waals surface area contributed by atoms with Crippen LogP contribution in [0.15, 0.2) is 24.3 Å². The third-order valence-electron chi connectivity index (χ3n) is 11.6. The van der Waals surface area contributed by atoms with E-state index in [9.17, 15) is 10.2 Å². The minimum atomic E-state index is -0.139. The molecule has 0 aliphatic heterocycles. The number of aliphatic hydroxyl groups excluding tert-OH is 2. The van der Waals surface area contributed by atoms with Crippen molar-refractivity contribution >= 4 is 0 Å². The van der Waals surface area contributed by atoms with E-state index in [1.807, 2.05) is 0 Å². The predicted molar refractivity (Wildman–Crippen MR) is 252 cm³/mol. The van der Waals surface area contributed by atoms with Gasteiger partial charge in [0.15, 0.2) is 0 Å². The molecule has 0 aromatic carbocycles. The van der Waals surface area contributed by atoms with E-state index in [-0.39, 0.29) is 12.2 Å². The Morgan fingerprint density at radius 3 is 0.463 bits per heavy atom. The summed E-state index contributed by atoms with van der Waals surface area (Å²) in [5.41, 5.74) is 0. The first-order valence-corrected chi connectivity index (χ1v) is 23.0. The Balaban J connectivity index is -0.000000194. The monoisotopic (exact) mass is 767 g/mol.